The Morgan fingerprint density at radius 1 is 1.11 bits per heavy atom. The van der Waals surface area contributed by atoms with Gasteiger partial charge in [0.25, 0.3) is 0 Å². The van der Waals surface area contributed by atoms with Crippen LogP contribution in [0.2, 0.25) is 0 Å². The van der Waals surface area contributed by atoms with Gasteiger partial charge in [0.2, 0.25) is 0 Å². The van der Waals surface area contributed by atoms with Crippen LogP contribution in [0.1, 0.15) is 35.7 Å². The van der Waals surface area contributed by atoms with Gasteiger partial charge in [-0.1, -0.05) is 0 Å². The van der Waals surface area contributed by atoms with Gasteiger partial charge in [-0.25, -0.2) is 19.0 Å². The first-order valence-corrected chi connectivity index (χ1v) is 10.7. The van der Waals surface area contributed by atoms with Crippen molar-refractivity contribution >= 4 is 22.5 Å². The maximum absolute atomic E-state index is 15.0. The minimum atomic E-state index is -0.823. The molecule has 10 nitrogen and oxygen atoms in total. The molecule has 0 fully saturated rings. The minimum absolute atomic E-state index is 0.218. The van der Waals surface area contributed by atoms with Crippen LogP contribution in [-0.2, 0) is 0 Å². The van der Waals surface area contributed by atoms with Crippen molar-refractivity contribution < 1.29 is 9.50 Å². The molecule has 1 aromatic carbocycles. The van der Waals surface area contributed by atoms with E-state index in [4.69, 9.17) is 4.98 Å². The maximum Gasteiger partial charge on any atom is 0.163 e. The highest BCUT2D eigenvalue weighted by Gasteiger charge is 2.18. The van der Waals surface area contributed by atoms with E-state index in [9.17, 15) is 10.4 Å². The molecule has 0 spiro atoms. The molecule has 0 saturated heterocycles. The molecule has 0 aliphatic rings. The molecule has 0 bridgehead atoms. The second kappa shape index (κ2) is 8.58. The van der Waals surface area contributed by atoms with Gasteiger partial charge < -0.3 is 10.4 Å². The quantitative estimate of drug-likeness (QED) is 0.397. The summed E-state index contributed by atoms with van der Waals surface area (Å²) in [6.45, 7) is 5.24. The number of nitrogens with zero attached hydrogens (tertiary/aromatic N) is 8. The van der Waals surface area contributed by atoms with Crippen LogP contribution >= 0.6 is 0 Å². The fourth-order valence-electron chi connectivity index (χ4n) is 3.73. The van der Waals surface area contributed by atoms with Gasteiger partial charge in [0.1, 0.15) is 24.0 Å². The SMILES string of the molecule is Cc1ccc(Nc2cc3ncn(-c4ccc(C(C)O)c(-n5nc(C#N)cc5C)n4)c3cc2F)nn1. The molecule has 5 rings (SSSR count). The molecular formula is C24H20FN9O. The van der Waals surface area contributed by atoms with Crippen molar-refractivity contribution in [2.24, 2.45) is 0 Å². The number of pyridine rings is 1. The number of benzene rings is 1. The first-order chi connectivity index (χ1) is 16.8. The zero-order valence-electron chi connectivity index (χ0n) is 19.1. The van der Waals surface area contributed by atoms with Crippen molar-refractivity contribution in [2.45, 2.75) is 26.9 Å². The lowest BCUT2D eigenvalue weighted by molar-refractivity contribution is 0.198. The van der Waals surface area contributed by atoms with E-state index in [1.54, 1.807) is 61.1 Å². The average Bonchev–Trinajstić information content (AvgIpc) is 3.43. The Balaban J connectivity index is 1.58. The summed E-state index contributed by atoms with van der Waals surface area (Å²) in [5.74, 6) is 0.739. The summed E-state index contributed by atoms with van der Waals surface area (Å²) in [6.07, 6.45) is 0.723. The number of imidazole rings is 1. The number of hydrogen-bond donors (Lipinski definition) is 2. The number of fused-ring (bicyclic) bond motifs is 1. The Hall–Kier alpha value is -4.69. The number of hydrogen-bond acceptors (Lipinski definition) is 8. The van der Waals surface area contributed by atoms with Crippen LogP contribution < -0.4 is 5.32 Å². The van der Waals surface area contributed by atoms with E-state index in [-0.39, 0.29) is 11.4 Å². The van der Waals surface area contributed by atoms with Crippen LogP contribution in [0.25, 0.3) is 22.7 Å². The maximum atomic E-state index is 15.0. The molecule has 4 heterocycles. The van der Waals surface area contributed by atoms with Crippen molar-refractivity contribution in [2.75, 3.05) is 5.32 Å². The molecule has 0 aliphatic heterocycles. The number of rotatable bonds is 5. The molecule has 0 radical (unpaired) electrons. The van der Waals surface area contributed by atoms with Gasteiger partial charge in [-0.2, -0.15) is 15.5 Å². The summed E-state index contributed by atoms with van der Waals surface area (Å²) in [6, 6.07) is 13.5. The predicted octanol–water partition coefficient (Wildman–Crippen LogP) is 3.82. The summed E-state index contributed by atoms with van der Waals surface area (Å²) >= 11 is 0. The number of halogens is 1. The number of aromatic nitrogens is 7. The molecule has 174 valence electrons. The summed E-state index contributed by atoms with van der Waals surface area (Å²) < 4.78 is 18.2. The van der Waals surface area contributed by atoms with Gasteiger partial charge in [0, 0.05) is 17.3 Å². The Bertz CT molecular complexity index is 1600. The smallest absolute Gasteiger partial charge is 0.163 e. The van der Waals surface area contributed by atoms with E-state index in [0.29, 0.717) is 39.7 Å². The van der Waals surface area contributed by atoms with Crippen molar-refractivity contribution in [3.63, 3.8) is 0 Å². The van der Waals surface area contributed by atoms with Gasteiger partial charge in [-0.3, -0.25) is 4.57 Å². The Kier molecular flexibility index (Phi) is 5.43. The summed E-state index contributed by atoms with van der Waals surface area (Å²) in [5.41, 5.74) is 3.47. The lowest BCUT2D eigenvalue weighted by atomic mass is 10.1. The van der Waals surface area contributed by atoms with Gasteiger partial charge in [-0.15, -0.1) is 5.10 Å². The first-order valence-electron chi connectivity index (χ1n) is 10.7. The zero-order chi connectivity index (χ0) is 24.7. The average molecular weight is 469 g/mol. The predicted molar refractivity (Wildman–Crippen MR) is 126 cm³/mol. The van der Waals surface area contributed by atoms with Crippen LogP contribution in [0.4, 0.5) is 15.9 Å². The summed E-state index contributed by atoms with van der Waals surface area (Å²) in [7, 11) is 0. The molecule has 4 aromatic heterocycles. The minimum Gasteiger partial charge on any atom is -0.389 e. The molecule has 1 unspecified atom stereocenters. The van der Waals surface area contributed by atoms with Crippen molar-refractivity contribution in [3.8, 4) is 17.7 Å². The fourth-order valence-corrected chi connectivity index (χ4v) is 3.73. The lowest BCUT2D eigenvalue weighted by Crippen LogP contribution is -2.11. The van der Waals surface area contributed by atoms with Gasteiger partial charge in [0.05, 0.1) is 28.5 Å². The molecule has 11 heteroatoms. The second-order valence-corrected chi connectivity index (χ2v) is 8.07. The molecule has 1 atom stereocenters. The summed E-state index contributed by atoms with van der Waals surface area (Å²) in [5, 5.41) is 34.7. The Morgan fingerprint density at radius 2 is 1.94 bits per heavy atom. The molecule has 0 saturated carbocycles. The largest absolute Gasteiger partial charge is 0.389 e. The first kappa shape index (κ1) is 22.1. The van der Waals surface area contributed by atoms with E-state index in [0.717, 1.165) is 5.69 Å². The van der Waals surface area contributed by atoms with Crippen molar-refractivity contribution in [1.82, 2.24) is 34.5 Å². The second-order valence-electron chi connectivity index (χ2n) is 8.07. The fraction of sp³-hybridized carbons (Fsp3) is 0.167. The molecule has 0 aliphatic carbocycles. The van der Waals surface area contributed by atoms with Crippen LogP contribution in [0.15, 0.2) is 48.8 Å². The summed E-state index contributed by atoms with van der Waals surface area (Å²) in [4.78, 5) is 9.10. The van der Waals surface area contributed by atoms with Gasteiger partial charge in [0.15, 0.2) is 17.3 Å². The van der Waals surface area contributed by atoms with Crippen LogP contribution in [0, 0.1) is 31.0 Å². The third-order valence-corrected chi connectivity index (χ3v) is 5.49. The standard InChI is InChI=1S/C24H20FN9O/c1-13-4-6-22(31-30-13)28-19-10-20-21(9-18(19)25)33(12-27-20)23-7-5-17(15(3)35)24(29-23)34-14(2)8-16(11-26)32-34/h4-10,12,15,35H,1-3H3,(H,28,31). The number of aliphatic hydroxyl groups excluding tert-OH is 1. The van der Waals surface area contributed by atoms with Crippen LogP contribution in [0.3, 0.4) is 0 Å². The number of nitrogens with one attached hydrogen (secondary N) is 1. The Labute approximate surface area is 199 Å². The molecule has 0 amide bonds. The highest BCUT2D eigenvalue weighted by atomic mass is 19.1. The van der Waals surface area contributed by atoms with E-state index >= 15 is 4.39 Å². The van der Waals surface area contributed by atoms with Crippen molar-refractivity contribution in [1.29, 1.82) is 5.26 Å². The molecule has 35 heavy (non-hydrogen) atoms. The van der Waals surface area contributed by atoms with Crippen LogP contribution in [0.5, 0.6) is 0 Å². The van der Waals surface area contributed by atoms with E-state index in [1.807, 2.05) is 13.0 Å². The Morgan fingerprint density at radius 3 is 2.63 bits per heavy atom. The zero-order valence-corrected chi connectivity index (χ0v) is 19.1. The molecule has 5 aromatic rings. The van der Waals surface area contributed by atoms with Gasteiger partial charge >= 0.3 is 0 Å². The third kappa shape index (κ3) is 4.07. The van der Waals surface area contributed by atoms with E-state index in [2.05, 4.69) is 25.6 Å². The normalized spacial score (nSPS) is 12.0. The lowest BCUT2D eigenvalue weighted by Gasteiger charge is -2.15. The number of nitriles is 1. The third-order valence-electron chi connectivity index (χ3n) is 5.49. The monoisotopic (exact) mass is 469 g/mol. The number of aryl methyl sites for hydroxylation is 2. The molecular weight excluding hydrogens is 449 g/mol. The van der Waals surface area contributed by atoms with Crippen molar-refractivity contribution in [3.05, 3.63) is 77.3 Å². The molecule has 2 N–H and O–H groups in total. The van der Waals surface area contributed by atoms with E-state index in [1.165, 1.54) is 10.7 Å². The number of anilines is 2. The van der Waals surface area contributed by atoms with Gasteiger partial charge in [-0.05, 0) is 57.2 Å². The van der Waals surface area contributed by atoms with E-state index < -0.39 is 11.9 Å². The highest BCUT2D eigenvalue weighted by molar-refractivity contribution is 5.82. The van der Waals surface area contributed by atoms with Crippen LogP contribution in [-0.4, -0.2) is 39.6 Å². The number of aliphatic hydroxyl groups is 1. The highest BCUT2D eigenvalue weighted by Crippen LogP contribution is 2.28. The topological polar surface area (TPSA) is 130 Å².